The first-order valence-corrected chi connectivity index (χ1v) is 11.8. The number of sulfone groups is 1. The summed E-state index contributed by atoms with van der Waals surface area (Å²) in [6.45, 7) is 0. The van der Waals surface area contributed by atoms with E-state index in [1.165, 1.54) is 47.7 Å². The van der Waals surface area contributed by atoms with Gasteiger partial charge in [-0.15, -0.1) is 11.3 Å². The largest absolute Gasteiger partial charge is 0.478 e. The first-order valence-electron chi connectivity index (χ1n) is 9.47. The molecule has 0 atom stereocenters. The monoisotopic (exact) mass is 441 g/mol. The molecule has 2 aromatic carbocycles. The van der Waals surface area contributed by atoms with Gasteiger partial charge in [0.1, 0.15) is 5.00 Å². The van der Waals surface area contributed by atoms with Gasteiger partial charge in [-0.3, -0.25) is 4.79 Å². The average molecular weight is 442 g/mol. The molecule has 1 aliphatic carbocycles. The van der Waals surface area contributed by atoms with Gasteiger partial charge in [-0.1, -0.05) is 18.2 Å². The van der Waals surface area contributed by atoms with E-state index in [9.17, 15) is 23.1 Å². The van der Waals surface area contributed by atoms with E-state index in [2.05, 4.69) is 5.32 Å². The van der Waals surface area contributed by atoms with E-state index in [-0.39, 0.29) is 20.9 Å². The molecule has 2 N–H and O–H groups in total. The van der Waals surface area contributed by atoms with Crippen molar-refractivity contribution >= 4 is 38.1 Å². The lowest BCUT2D eigenvalue weighted by Crippen LogP contribution is -2.14. The molecule has 1 aliphatic rings. The molecule has 0 saturated carbocycles. The number of carbonyl (C=O) groups excluding carboxylic acids is 1. The van der Waals surface area contributed by atoms with Gasteiger partial charge in [-0.2, -0.15) is 0 Å². The smallest absolute Gasteiger partial charge is 0.339 e. The predicted octanol–water partition coefficient (Wildman–Crippen LogP) is 4.41. The number of carboxylic acid groups (broad SMARTS) is 1. The number of benzene rings is 2. The number of aromatic carboxylic acids is 1. The highest BCUT2D eigenvalue weighted by Gasteiger charge is 2.26. The summed E-state index contributed by atoms with van der Waals surface area (Å²) < 4.78 is 25.3. The van der Waals surface area contributed by atoms with Crippen molar-refractivity contribution in [2.75, 3.05) is 5.32 Å². The Morgan fingerprint density at radius 3 is 2.20 bits per heavy atom. The first-order chi connectivity index (χ1) is 14.4. The maximum atomic E-state index is 12.7. The van der Waals surface area contributed by atoms with E-state index in [0.29, 0.717) is 11.4 Å². The lowest BCUT2D eigenvalue weighted by atomic mass is 9.95. The number of rotatable bonds is 5. The highest BCUT2D eigenvalue weighted by atomic mass is 32.2. The lowest BCUT2D eigenvalue weighted by Gasteiger charge is -2.10. The second kappa shape index (κ2) is 8.04. The van der Waals surface area contributed by atoms with Crippen LogP contribution in [0, 0.1) is 0 Å². The van der Waals surface area contributed by atoms with Gasteiger partial charge in [0, 0.05) is 10.4 Å². The summed E-state index contributed by atoms with van der Waals surface area (Å²) in [6.07, 6.45) is 3.48. The minimum absolute atomic E-state index is 0.0862. The number of anilines is 1. The fraction of sp³-hybridized carbons (Fsp3) is 0.182. The topological polar surface area (TPSA) is 101 Å². The molecule has 1 heterocycles. The minimum atomic E-state index is -3.67. The Bertz CT molecular complexity index is 1210. The van der Waals surface area contributed by atoms with E-state index in [1.807, 2.05) is 0 Å². The van der Waals surface area contributed by atoms with Crippen LogP contribution >= 0.6 is 11.3 Å². The predicted molar refractivity (Wildman–Crippen MR) is 114 cm³/mol. The van der Waals surface area contributed by atoms with E-state index in [1.54, 1.807) is 18.2 Å². The highest BCUT2D eigenvalue weighted by molar-refractivity contribution is 7.91. The maximum absolute atomic E-state index is 12.7. The SMILES string of the molecule is O=C(Nc1sc2c(c1C(=O)O)CCCC2)c1ccc(S(=O)(=O)c2ccccc2)cc1. The molecule has 0 unspecified atom stereocenters. The van der Waals surface area contributed by atoms with Crippen LogP contribution in [0.15, 0.2) is 64.4 Å². The summed E-state index contributed by atoms with van der Waals surface area (Å²) in [6, 6.07) is 13.7. The molecule has 0 aliphatic heterocycles. The molecule has 1 aromatic heterocycles. The number of fused-ring (bicyclic) bond motifs is 1. The summed E-state index contributed by atoms with van der Waals surface area (Å²) in [4.78, 5) is 25.7. The average Bonchev–Trinajstić information content (AvgIpc) is 3.12. The number of nitrogens with one attached hydrogen (secondary N) is 1. The summed E-state index contributed by atoms with van der Waals surface area (Å²) in [5.74, 6) is -1.52. The molecular formula is C22H19NO5S2. The molecule has 154 valence electrons. The normalized spacial score (nSPS) is 13.5. The van der Waals surface area contributed by atoms with E-state index in [0.717, 1.165) is 29.7 Å². The zero-order valence-electron chi connectivity index (χ0n) is 15.9. The van der Waals surface area contributed by atoms with Gasteiger partial charge in [0.25, 0.3) is 5.91 Å². The number of hydrogen-bond acceptors (Lipinski definition) is 5. The quantitative estimate of drug-likeness (QED) is 0.611. The van der Waals surface area contributed by atoms with E-state index < -0.39 is 21.7 Å². The van der Waals surface area contributed by atoms with Crippen LogP contribution < -0.4 is 5.32 Å². The second-order valence-electron chi connectivity index (χ2n) is 7.02. The second-order valence-corrected chi connectivity index (χ2v) is 10.1. The summed E-state index contributed by atoms with van der Waals surface area (Å²) in [7, 11) is -3.67. The molecule has 0 fully saturated rings. The Morgan fingerprint density at radius 1 is 0.900 bits per heavy atom. The Labute approximate surface area is 178 Å². The Balaban J connectivity index is 1.58. The fourth-order valence-corrected chi connectivity index (χ4v) is 6.14. The molecule has 1 amide bonds. The third-order valence-electron chi connectivity index (χ3n) is 5.09. The molecule has 8 heteroatoms. The lowest BCUT2D eigenvalue weighted by molar-refractivity contribution is 0.0697. The van der Waals surface area contributed by atoms with Crippen LogP contribution in [0.5, 0.6) is 0 Å². The highest BCUT2D eigenvalue weighted by Crippen LogP contribution is 2.38. The van der Waals surface area contributed by atoms with Crippen LogP contribution in [0.3, 0.4) is 0 Å². The van der Waals surface area contributed by atoms with Gasteiger partial charge < -0.3 is 10.4 Å². The van der Waals surface area contributed by atoms with Gasteiger partial charge in [-0.05, 0) is 67.6 Å². The van der Waals surface area contributed by atoms with E-state index in [4.69, 9.17) is 0 Å². The van der Waals surface area contributed by atoms with Crippen LogP contribution in [0.2, 0.25) is 0 Å². The Hall–Kier alpha value is -2.97. The summed E-state index contributed by atoms with van der Waals surface area (Å²) >= 11 is 1.31. The fourth-order valence-electron chi connectivity index (χ4n) is 3.58. The summed E-state index contributed by atoms with van der Waals surface area (Å²) in [5, 5.41) is 12.7. The zero-order valence-corrected chi connectivity index (χ0v) is 17.6. The Morgan fingerprint density at radius 2 is 1.53 bits per heavy atom. The molecule has 0 radical (unpaired) electrons. The number of carboxylic acids is 1. The maximum Gasteiger partial charge on any atom is 0.339 e. The third-order valence-corrected chi connectivity index (χ3v) is 8.09. The molecule has 3 aromatic rings. The Kier molecular flexibility index (Phi) is 5.44. The van der Waals surface area contributed by atoms with Crippen molar-refractivity contribution in [1.82, 2.24) is 0 Å². The molecular weight excluding hydrogens is 422 g/mol. The van der Waals surface area contributed by atoms with Gasteiger partial charge in [-0.25, -0.2) is 13.2 Å². The van der Waals surface area contributed by atoms with Gasteiger partial charge >= 0.3 is 5.97 Å². The van der Waals surface area contributed by atoms with Crippen molar-refractivity contribution in [1.29, 1.82) is 0 Å². The van der Waals surface area contributed by atoms with Crippen molar-refractivity contribution in [3.63, 3.8) is 0 Å². The van der Waals surface area contributed by atoms with Crippen molar-refractivity contribution in [2.45, 2.75) is 35.5 Å². The van der Waals surface area contributed by atoms with Crippen molar-refractivity contribution in [2.24, 2.45) is 0 Å². The van der Waals surface area contributed by atoms with Crippen molar-refractivity contribution in [3.05, 3.63) is 76.2 Å². The number of thiophene rings is 1. The molecule has 0 spiro atoms. The molecule has 4 rings (SSSR count). The van der Waals surface area contributed by atoms with Gasteiger partial charge in [0.05, 0.1) is 15.4 Å². The van der Waals surface area contributed by atoms with Crippen molar-refractivity contribution < 1.29 is 23.1 Å². The van der Waals surface area contributed by atoms with Crippen LogP contribution in [0.1, 0.15) is 44.0 Å². The molecule has 30 heavy (non-hydrogen) atoms. The van der Waals surface area contributed by atoms with Crippen molar-refractivity contribution in [3.8, 4) is 0 Å². The number of hydrogen-bond donors (Lipinski definition) is 2. The molecule has 6 nitrogen and oxygen atoms in total. The van der Waals surface area contributed by atoms with E-state index >= 15 is 0 Å². The third kappa shape index (κ3) is 3.76. The first kappa shape index (κ1) is 20.3. The zero-order chi connectivity index (χ0) is 21.3. The van der Waals surface area contributed by atoms with Crippen LogP contribution in [0.25, 0.3) is 0 Å². The number of aryl methyl sites for hydroxylation is 1. The van der Waals surface area contributed by atoms with Gasteiger partial charge in [0.2, 0.25) is 9.84 Å². The van der Waals surface area contributed by atoms with Crippen LogP contribution in [-0.4, -0.2) is 25.4 Å². The molecule has 0 bridgehead atoms. The summed E-state index contributed by atoms with van der Waals surface area (Å²) in [5.41, 5.74) is 1.24. The van der Waals surface area contributed by atoms with Crippen LogP contribution in [-0.2, 0) is 22.7 Å². The standard InChI is InChI=1S/C22H19NO5S2/c24-20(23-21-19(22(25)26)17-8-4-5-9-18(17)29-21)14-10-12-16(13-11-14)30(27,28)15-6-2-1-3-7-15/h1-3,6-7,10-13H,4-5,8-9H2,(H,23,24)(H,25,26). The van der Waals surface area contributed by atoms with Gasteiger partial charge in [0.15, 0.2) is 0 Å². The molecule has 0 saturated heterocycles. The number of amides is 1. The number of carbonyl (C=O) groups is 2. The van der Waals surface area contributed by atoms with Crippen LogP contribution in [0.4, 0.5) is 5.00 Å². The minimum Gasteiger partial charge on any atom is -0.478 e.